The van der Waals surface area contributed by atoms with Crippen LogP contribution in [0.2, 0.25) is 5.02 Å². The predicted molar refractivity (Wildman–Crippen MR) is 57.6 cm³/mol. The summed E-state index contributed by atoms with van der Waals surface area (Å²) >= 11 is 9.28. The highest BCUT2D eigenvalue weighted by atomic mass is 79.9. The van der Waals surface area contributed by atoms with Crippen molar-refractivity contribution in [3.8, 4) is 0 Å². The summed E-state index contributed by atoms with van der Waals surface area (Å²) in [5.74, 6) is -1.59. The maximum Gasteiger partial charge on any atom is 0.321 e. The minimum absolute atomic E-state index is 0.0645. The summed E-state index contributed by atoms with van der Waals surface area (Å²) in [6.07, 6.45) is 0.0645. The lowest BCUT2D eigenvalue weighted by Gasteiger charge is -2.08. The van der Waals surface area contributed by atoms with Gasteiger partial charge in [-0.2, -0.15) is 0 Å². The minimum Gasteiger partial charge on any atom is -0.393 e. The standard InChI is InChI=1S/C10H6BrClO3/c11-7-3-1-2-5(9(7)12)6-4-8(13)15-10(6)14/h1-3,6H,4H2. The summed E-state index contributed by atoms with van der Waals surface area (Å²) in [5.41, 5.74) is 0.627. The summed E-state index contributed by atoms with van der Waals surface area (Å²) in [5, 5.41) is 0.453. The second kappa shape index (κ2) is 3.94. The van der Waals surface area contributed by atoms with Gasteiger partial charge >= 0.3 is 11.9 Å². The molecule has 0 aromatic heterocycles. The normalized spacial score (nSPS) is 20.5. The molecule has 0 N–H and O–H groups in total. The van der Waals surface area contributed by atoms with E-state index < -0.39 is 17.9 Å². The van der Waals surface area contributed by atoms with Gasteiger partial charge in [0.05, 0.1) is 17.4 Å². The number of halogens is 2. The van der Waals surface area contributed by atoms with E-state index >= 15 is 0 Å². The Kier molecular flexibility index (Phi) is 2.80. The molecule has 15 heavy (non-hydrogen) atoms. The summed E-state index contributed by atoms with van der Waals surface area (Å²) in [4.78, 5) is 22.3. The third-order valence-electron chi connectivity index (χ3n) is 2.23. The molecule has 1 heterocycles. The first kappa shape index (κ1) is 10.6. The van der Waals surface area contributed by atoms with Crippen LogP contribution in [0.4, 0.5) is 0 Å². The molecule has 1 aromatic carbocycles. The average Bonchev–Trinajstić information content (AvgIpc) is 2.50. The van der Waals surface area contributed by atoms with Crippen LogP contribution in [0.25, 0.3) is 0 Å². The fourth-order valence-electron chi connectivity index (χ4n) is 1.50. The molecule has 1 saturated heterocycles. The lowest BCUT2D eigenvalue weighted by molar-refractivity contribution is -0.152. The Morgan fingerprint density at radius 3 is 2.73 bits per heavy atom. The van der Waals surface area contributed by atoms with E-state index in [0.717, 1.165) is 0 Å². The number of hydrogen-bond acceptors (Lipinski definition) is 3. The zero-order valence-corrected chi connectivity index (χ0v) is 9.84. The van der Waals surface area contributed by atoms with Crippen LogP contribution in [0.1, 0.15) is 17.9 Å². The highest BCUT2D eigenvalue weighted by Crippen LogP contribution is 2.35. The molecule has 5 heteroatoms. The molecule has 0 saturated carbocycles. The molecule has 1 fully saturated rings. The Bertz CT molecular complexity index is 444. The second-order valence-corrected chi connectivity index (χ2v) is 4.43. The smallest absolute Gasteiger partial charge is 0.321 e. The SMILES string of the molecule is O=C1CC(c2cccc(Br)c2Cl)C(=O)O1. The van der Waals surface area contributed by atoms with Crippen LogP contribution in [0.5, 0.6) is 0 Å². The number of cyclic esters (lactones) is 2. The predicted octanol–water partition coefficient (Wildman–Crippen LogP) is 2.66. The van der Waals surface area contributed by atoms with E-state index in [2.05, 4.69) is 20.7 Å². The molecule has 78 valence electrons. The minimum atomic E-state index is -0.567. The van der Waals surface area contributed by atoms with E-state index in [1.165, 1.54) is 0 Å². The summed E-state index contributed by atoms with van der Waals surface area (Å²) in [6, 6.07) is 5.26. The van der Waals surface area contributed by atoms with Crippen molar-refractivity contribution in [2.45, 2.75) is 12.3 Å². The lowest BCUT2D eigenvalue weighted by Crippen LogP contribution is -2.06. The number of hydrogen-bond donors (Lipinski definition) is 0. The van der Waals surface area contributed by atoms with E-state index in [1.807, 2.05) is 0 Å². The molecule has 0 spiro atoms. The van der Waals surface area contributed by atoms with Crippen molar-refractivity contribution in [3.63, 3.8) is 0 Å². The van der Waals surface area contributed by atoms with Crippen LogP contribution in [0.15, 0.2) is 22.7 Å². The van der Waals surface area contributed by atoms with E-state index in [-0.39, 0.29) is 6.42 Å². The van der Waals surface area contributed by atoms with Gasteiger partial charge in [0.1, 0.15) is 0 Å². The summed E-state index contributed by atoms with van der Waals surface area (Å²) < 4.78 is 5.17. The van der Waals surface area contributed by atoms with Crippen LogP contribution in [0, 0.1) is 0 Å². The van der Waals surface area contributed by atoms with Gasteiger partial charge in [-0.15, -0.1) is 0 Å². The van der Waals surface area contributed by atoms with E-state index in [0.29, 0.717) is 15.1 Å². The third-order valence-corrected chi connectivity index (χ3v) is 3.54. The van der Waals surface area contributed by atoms with Gasteiger partial charge in [0.2, 0.25) is 0 Å². The molecule has 3 nitrogen and oxygen atoms in total. The first-order chi connectivity index (χ1) is 7.09. The van der Waals surface area contributed by atoms with E-state index in [4.69, 9.17) is 11.6 Å². The van der Waals surface area contributed by atoms with Gasteiger partial charge in [-0.05, 0) is 27.6 Å². The zero-order valence-electron chi connectivity index (χ0n) is 7.50. The molecule has 1 aromatic rings. The molecule has 1 aliphatic rings. The molecular formula is C10H6BrClO3. The van der Waals surface area contributed by atoms with Gasteiger partial charge in [-0.25, -0.2) is 0 Å². The van der Waals surface area contributed by atoms with Crippen LogP contribution in [-0.4, -0.2) is 11.9 Å². The Labute approximate surface area is 99.5 Å². The molecule has 1 atom stereocenters. The largest absolute Gasteiger partial charge is 0.393 e. The zero-order chi connectivity index (χ0) is 11.0. The first-order valence-corrected chi connectivity index (χ1v) is 5.45. The first-order valence-electron chi connectivity index (χ1n) is 4.28. The number of carbonyl (C=O) groups excluding carboxylic acids is 2. The van der Waals surface area contributed by atoms with Gasteiger partial charge < -0.3 is 4.74 Å². The maximum absolute atomic E-state index is 11.3. The fourth-order valence-corrected chi connectivity index (χ4v) is 2.14. The fraction of sp³-hybridized carbons (Fsp3) is 0.200. The van der Waals surface area contributed by atoms with Crippen LogP contribution in [-0.2, 0) is 14.3 Å². The summed E-state index contributed by atoms with van der Waals surface area (Å²) in [6.45, 7) is 0. The van der Waals surface area contributed by atoms with Crippen molar-refractivity contribution in [2.75, 3.05) is 0 Å². The van der Waals surface area contributed by atoms with Crippen molar-refractivity contribution in [3.05, 3.63) is 33.3 Å². The number of benzene rings is 1. The molecule has 0 radical (unpaired) electrons. The number of esters is 2. The second-order valence-electron chi connectivity index (χ2n) is 3.19. The Balaban J connectivity index is 2.42. The molecule has 1 aliphatic heterocycles. The average molecular weight is 290 g/mol. The summed E-state index contributed by atoms with van der Waals surface area (Å²) in [7, 11) is 0. The topological polar surface area (TPSA) is 43.4 Å². The number of rotatable bonds is 1. The Morgan fingerprint density at radius 2 is 2.13 bits per heavy atom. The van der Waals surface area contributed by atoms with Gasteiger partial charge in [-0.3, -0.25) is 9.59 Å². The van der Waals surface area contributed by atoms with Gasteiger partial charge in [0.25, 0.3) is 0 Å². The van der Waals surface area contributed by atoms with Crippen molar-refractivity contribution < 1.29 is 14.3 Å². The van der Waals surface area contributed by atoms with Crippen LogP contribution in [0.3, 0.4) is 0 Å². The van der Waals surface area contributed by atoms with Crippen molar-refractivity contribution in [2.24, 2.45) is 0 Å². The number of ether oxygens (including phenoxy) is 1. The van der Waals surface area contributed by atoms with Gasteiger partial charge in [0.15, 0.2) is 0 Å². The Morgan fingerprint density at radius 1 is 1.40 bits per heavy atom. The lowest BCUT2D eigenvalue weighted by atomic mass is 9.98. The highest BCUT2D eigenvalue weighted by molar-refractivity contribution is 9.10. The highest BCUT2D eigenvalue weighted by Gasteiger charge is 2.36. The van der Waals surface area contributed by atoms with Gasteiger partial charge in [-0.1, -0.05) is 23.7 Å². The molecule has 0 bridgehead atoms. The number of carbonyl (C=O) groups is 2. The van der Waals surface area contributed by atoms with E-state index in [9.17, 15) is 9.59 Å². The maximum atomic E-state index is 11.3. The molecular weight excluding hydrogens is 283 g/mol. The van der Waals surface area contributed by atoms with Crippen molar-refractivity contribution in [1.82, 2.24) is 0 Å². The van der Waals surface area contributed by atoms with Crippen molar-refractivity contribution >= 4 is 39.5 Å². The van der Waals surface area contributed by atoms with Crippen LogP contribution >= 0.6 is 27.5 Å². The Hall–Kier alpha value is -0.870. The van der Waals surface area contributed by atoms with Gasteiger partial charge in [0, 0.05) is 4.47 Å². The monoisotopic (exact) mass is 288 g/mol. The third kappa shape index (κ3) is 1.92. The molecule has 1 unspecified atom stereocenters. The van der Waals surface area contributed by atoms with Crippen molar-refractivity contribution in [1.29, 1.82) is 0 Å². The van der Waals surface area contributed by atoms with Crippen LogP contribution < -0.4 is 0 Å². The van der Waals surface area contributed by atoms with E-state index in [1.54, 1.807) is 18.2 Å². The molecule has 2 rings (SSSR count). The quantitative estimate of drug-likeness (QED) is 0.590. The molecule has 0 amide bonds. The molecule has 0 aliphatic carbocycles.